The van der Waals surface area contributed by atoms with Crippen LogP contribution in [0.3, 0.4) is 0 Å². The molecule has 2 N–H and O–H groups in total. The summed E-state index contributed by atoms with van der Waals surface area (Å²) < 4.78 is 5.31. The molecule has 2 rings (SSSR count). The van der Waals surface area contributed by atoms with Crippen molar-refractivity contribution in [3.63, 3.8) is 0 Å². The van der Waals surface area contributed by atoms with Crippen LogP contribution in [0, 0.1) is 5.92 Å². The van der Waals surface area contributed by atoms with Crippen molar-refractivity contribution < 1.29 is 4.74 Å². The van der Waals surface area contributed by atoms with Crippen LogP contribution in [0.25, 0.3) is 0 Å². The molecule has 14 heavy (non-hydrogen) atoms. The summed E-state index contributed by atoms with van der Waals surface area (Å²) in [5, 5.41) is 0. The third-order valence-electron chi connectivity index (χ3n) is 2.84. The van der Waals surface area contributed by atoms with Crippen molar-refractivity contribution in [2.75, 3.05) is 13.2 Å². The van der Waals surface area contributed by atoms with Crippen molar-refractivity contribution in [1.82, 2.24) is 4.98 Å². The van der Waals surface area contributed by atoms with Crippen LogP contribution < -0.4 is 5.73 Å². The van der Waals surface area contributed by atoms with E-state index in [1.807, 2.05) is 18.3 Å². The second-order valence-electron chi connectivity index (χ2n) is 3.76. The molecule has 0 radical (unpaired) electrons. The number of hydrogen-bond acceptors (Lipinski definition) is 3. The average Bonchev–Trinajstić information content (AvgIpc) is 2.30. The predicted molar refractivity (Wildman–Crippen MR) is 54.7 cm³/mol. The first-order chi connectivity index (χ1) is 6.88. The fourth-order valence-electron chi connectivity index (χ4n) is 1.92. The molecule has 1 saturated heterocycles. The van der Waals surface area contributed by atoms with Crippen molar-refractivity contribution in [1.29, 1.82) is 0 Å². The Balaban J connectivity index is 2.03. The lowest BCUT2D eigenvalue weighted by Gasteiger charge is -2.27. The molecule has 1 aliphatic rings. The van der Waals surface area contributed by atoms with E-state index in [-0.39, 0.29) is 6.04 Å². The molecule has 0 amide bonds. The summed E-state index contributed by atoms with van der Waals surface area (Å²) >= 11 is 0. The Morgan fingerprint density at radius 2 is 2.21 bits per heavy atom. The zero-order valence-electron chi connectivity index (χ0n) is 8.23. The van der Waals surface area contributed by atoms with E-state index in [1.165, 1.54) is 0 Å². The zero-order valence-corrected chi connectivity index (χ0v) is 8.23. The Bertz CT molecular complexity index is 270. The largest absolute Gasteiger partial charge is 0.381 e. The molecule has 0 unspecified atom stereocenters. The Morgan fingerprint density at radius 1 is 1.43 bits per heavy atom. The van der Waals surface area contributed by atoms with Crippen LogP contribution in [0.4, 0.5) is 0 Å². The van der Waals surface area contributed by atoms with Crippen molar-refractivity contribution in [3.05, 3.63) is 30.1 Å². The number of aromatic nitrogens is 1. The van der Waals surface area contributed by atoms with E-state index in [4.69, 9.17) is 10.5 Å². The molecule has 1 aliphatic heterocycles. The molecular weight excluding hydrogens is 176 g/mol. The van der Waals surface area contributed by atoms with Gasteiger partial charge in [-0.3, -0.25) is 4.98 Å². The Kier molecular flexibility index (Phi) is 3.11. The van der Waals surface area contributed by atoms with E-state index >= 15 is 0 Å². The van der Waals surface area contributed by atoms with Gasteiger partial charge in [0.05, 0.1) is 0 Å². The van der Waals surface area contributed by atoms with Crippen molar-refractivity contribution >= 4 is 0 Å². The third-order valence-corrected chi connectivity index (χ3v) is 2.84. The number of rotatable bonds is 2. The molecule has 1 aromatic heterocycles. The molecular formula is C11H16N2O. The minimum atomic E-state index is 0.118. The third kappa shape index (κ3) is 2.11. The maximum Gasteiger partial charge on any atom is 0.0469 e. The van der Waals surface area contributed by atoms with Crippen LogP contribution in [-0.4, -0.2) is 18.2 Å². The summed E-state index contributed by atoms with van der Waals surface area (Å²) in [6.45, 7) is 1.69. The molecule has 1 fully saturated rings. The molecule has 3 nitrogen and oxygen atoms in total. The highest BCUT2D eigenvalue weighted by molar-refractivity contribution is 5.14. The lowest BCUT2D eigenvalue weighted by Crippen LogP contribution is -2.27. The molecule has 0 aromatic carbocycles. The van der Waals surface area contributed by atoms with Gasteiger partial charge in [0.2, 0.25) is 0 Å². The molecule has 3 heteroatoms. The molecule has 0 aliphatic carbocycles. The van der Waals surface area contributed by atoms with Crippen molar-refractivity contribution in [3.8, 4) is 0 Å². The zero-order chi connectivity index (χ0) is 9.80. The van der Waals surface area contributed by atoms with Crippen LogP contribution in [0.1, 0.15) is 24.4 Å². The van der Waals surface area contributed by atoms with Gasteiger partial charge in [-0.1, -0.05) is 6.07 Å². The lowest BCUT2D eigenvalue weighted by atomic mass is 9.88. The first-order valence-electron chi connectivity index (χ1n) is 5.11. The molecule has 1 aromatic rings. The van der Waals surface area contributed by atoms with Gasteiger partial charge in [0.15, 0.2) is 0 Å². The summed E-state index contributed by atoms with van der Waals surface area (Å²) in [4.78, 5) is 4.09. The second kappa shape index (κ2) is 4.53. The first kappa shape index (κ1) is 9.62. The normalized spacial score (nSPS) is 20.6. The molecule has 2 heterocycles. The van der Waals surface area contributed by atoms with E-state index < -0.39 is 0 Å². The molecule has 1 atom stereocenters. The predicted octanol–water partition coefficient (Wildman–Crippen LogP) is 1.51. The van der Waals surface area contributed by atoms with Crippen LogP contribution in [0.15, 0.2) is 24.5 Å². The first-order valence-corrected chi connectivity index (χ1v) is 5.11. The van der Waals surface area contributed by atoms with Gasteiger partial charge in [-0.15, -0.1) is 0 Å². The van der Waals surface area contributed by atoms with Gasteiger partial charge >= 0.3 is 0 Å². The monoisotopic (exact) mass is 192 g/mol. The molecule has 76 valence electrons. The van der Waals surface area contributed by atoms with Crippen molar-refractivity contribution in [2.24, 2.45) is 11.7 Å². The fraction of sp³-hybridized carbons (Fsp3) is 0.545. The highest BCUT2D eigenvalue weighted by atomic mass is 16.5. The van der Waals surface area contributed by atoms with E-state index in [1.54, 1.807) is 6.20 Å². The number of pyridine rings is 1. The van der Waals surface area contributed by atoms with Gasteiger partial charge in [0.25, 0.3) is 0 Å². The minimum absolute atomic E-state index is 0.118. The van der Waals surface area contributed by atoms with Crippen LogP contribution in [0.5, 0.6) is 0 Å². The highest BCUT2D eigenvalue weighted by Crippen LogP contribution is 2.27. The Hall–Kier alpha value is -0.930. The molecule has 0 spiro atoms. The van der Waals surface area contributed by atoms with Gasteiger partial charge in [0.1, 0.15) is 0 Å². The Morgan fingerprint density at radius 3 is 2.86 bits per heavy atom. The number of nitrogens with zero attached hydrogens (tertiary/aromatic N) is 1. The molecule has 0 saturated carbocycles. The van der Waals surface area contributed by atoms with Gasteiger partial charge in [0, 0.05) is 31.6 Å². The highest BCUT2D eigenvalue weighted by Gasteiger charge is 2.21. The quantitative estimate of drug-likeness (QED) is 0.772. The summed E-state index contributed by atoms with van der Waals surface area (Å²) in [7, 11) is 0. The van der Waals surface area contributed by atoms with E-state index in [0.29, 0.717) is 5.92 Å². The maximum absolute atomic E-state index is 6.17. The molecule has 0 bridgehead atoms. The minimum Gasteiger partial charge on any atom is -0.381 e. The van der Waals surface area contributed by atoms with Crippen LogP contribution in [0.2, 0.25) is 0 Å². The van der Waals surface area contributed by atoms with Crippen LogP contribution >= 0.6 is 0 Å². The fourth-order valence-corrected chi connectivity index (χ4v) is 1.92. The lowest BCUT2D eigenvalue weighted by molar-refractivity contribution is 0.0583. The average molecular weight is 192 g/mol. The number of nitrogens with two attached hydrogens (primary N) is 1. The number of ether oxygens (including phenoxy) is 1. The summed E-state index contributed by atoms with van der Waals surface area (Å²) in [5.74, 6) is 0.549. The van der Waals surface area contributed by atoms with E-state index in [9.17, 15) is 0 Å². The van der Waals surface area contributed by atoms with Gasteiger partial charge < -0.3 is 10.5 Å². The van der Waals surface area contributed by atoms with Gasteiger partial charge in [-0.2, -0.15) is 0 Å². The standard InChI is InChI=1S/C11H16N2O/c12-11(9-3-6-14-7-4-9)10-2-1-5-13-8-10/h1-2,5,8-9,11H,3-4,6-7,12H2/t11-/m1/s1. The second-order valence-corrected chi connectivity index (χ2v) is 3.76. The number of hydrogen-bond donors (Lipinski definition) is 1. The summed E-state index contributed by atoms with van der Waals surface area (Å²) in [5.41, 5.74) is 7.31. The summed E-state index contributed by atoms with van der Waals surface area (Å²) in [6.07, 6.45) is 5.77. The maximum atomic E-state index is 6.17. The van der Waals surface area contributed by atoms with Crippen molar-refractivity contribution in [2.45, 2.75) is 18.9 Å². The van der Waals surface area contributed by atoms with Crippen LogP contribution in [-0.2, 0) is 4.74 Å². The SMILES string of the molecule is N[C@@H](c1cccnc1)C1CCOCC1. The van der Waals surface area contributed by atoms with E-state index in [2.05, 4.69) is 4.98 Å². The smallest absolute Gasteiger partial charge is 0.0469 e. The Labute approximate surface area is 84.3 Å². The van der Waals surface area contributed by atoms with E-state index in [0.717, 1.165) is 31.6 Å². The van der Waals surface area contributed by atoms with Gasteiger partial charge in [-0.05, 0) is 30.4 Å². The topological polar surface area (TPSA) is 48.1 Å². The summed E-state index contributed by atoms with van der Waals surface area (Å²) in [6, 6.07) is 4.11. The van der Waals surface area contributed by atoms with Gasteiger partial charge in [-0.25, -0.2) is 0 Å².